The molecule has 3 heterocycles. The lowest BCUT2D eigenvalue weighted by molar-refractivity contribution is 0.132. The van der Waals surface area contributed by atoms with Crippen LogP contribution in [0.2, 0.25) is 0 Å². The standard InChI is InChI=1S/C26H26N8/c27-32-25(33-28)19-14-34(15-19)13-18-7-8-22(21-4-2-1-3-20(18)21)26-30-12-24(31-26)17-6-5-16-9-10-29-23(16)11-17/h1-11,19,29H,12-15,27-28H2,(H,32,33). The number of aliphatic imine (C=N–C) groups is 2. The Balaban J connectivity index is 1.26. The normalized spacial score (nSPS) is 17.1. The van der Waals surface area contributed by atoms with Crippen LogP contribution >= 0.6 is 0 Å². The molecule has 0 aliphatic carbocycles. The van der Waals surface area contributed by atoms with Gasteiger partial charge < -0.3 is 16.3 Å². The van der Waals surface area contributed by atoms with Crippen molar-refractivity contribution in [3.8, 4) is 0 Å². The van der Waals surface area contributed by atoms with Crippen LogP contribution in [0.15, 0.2) is 81.9 Å². The molecular weight excluding hydrogens is 424 g/mol. The van der Waals surface area contributed by atoms with Crippen molar-refractivity contribution in [1.29, 1.82) is 0 Å². The lowest BCUT2D eigenvalue weighted by atomic mass is 9.95. The van der Waals surface area contributed by atoms with Crippen molar-refractivity contribution in [3.05, 3.63) is 83.6 Å². The zero-order chi connectivity index (χ0) is 23.1. The van der Waals surface area contributed by atoms with Crippen LogP contribution in [0.25, 0.3) is 21.7 Å². The number of hydrazine groups is 1. The van der Waals surface area contributed by atoms with Crippen LogP contribution < -0.4 is 17.1 Å². The van der Waals surface area contributed by atoms with Crippen molar-refractivity contribution in [3.63, 3.8) is 0 Å². The molecule has 0 radical (unpaired) electrons. The molecule has 8 heteroatoms. The van der Waals surface area contributed by atoms with Crippen molar-refractivity contribution < 1.29 is 0 Å². The van der Waals surface area contributed by atoms with Crippen molar-refractivity contribution in [1.82, 2.24) is 15.3 Å². The minimum Gasteiger partial charge on any atom is -0.361 e. The highest BCUT2D eigenvalue weighted by Gasteiger charge is 2.31. The second-order valence-electron chi connectivity index (χ2n) is 8.85. The molecule has 4 aromatic rings. The van der Waals surface area contributed by atoms with E-state index in [4.69, 9.17) is 21.7 Å². The fourth-order valence-electron chi connectivity index (χ4n) is 4.94. The minimum absolute atomic E-state index is 0.256. The van der Waals surface area contributed by atoms with Crippen LogP contribution in [-0.2, 0) is 6.54 Å². The molecule has 8 nitrogen and oxygen atoms in total. The zero-order valence-corrected chi connectivity index (χ0v) is 18.7. The number of rotatable bonds is 5. The van der Waals surface area contributed by atoms with Gasteiger partial charge in [0, 0.05) is 48.4 Å². The predicted octanol–water partition coefficient (Wildman–Crippen LogP) is 2.74. The maximum Gasteiger partial charge on any atom is 0.155 e. The van der Waals surface area contributed by atoms with Gasteiger partial charge in [0.15, 0.2) is 5.84 Å². The van der Waals surface area contributed by atoms with Gasteiger partial charge in [0.05, 0.1) is 12.3 Å². The van der Waals surface area contributed by atoms with Crippen molar-refractivity contribution in [2.45, 2.75) is 6.54 Å². The van der Waals surface area contributed by atoms with Crippen LogP contribution in [0.5, 0.6) is 0 Å². The highest BCUT2D eigenvalue weighted by atomic mass is 15.3. The van der Waals surface area contributed by atoms with Crippen LogP contribution in [0, 0.1) is 5.92 Å². The van der Waals surface area contributed by atoms with Crippen molar-refractivity contribution >= 4 is 39.1 Å². The van der Waals surface area contributed by atoms with E-state index in [-0.39, 0.29) is 5.92 Å². The number of nitrogens with two attached hydrogens (primary N) is 2. The van der Waals surface area contributed by atoms with Crippen LogP contribution in [0.3, 0.4) is 0 Å². The molecule has 0 atom stereocenters. The predicted molar refractivity (Wildman–Crippen MR) is 138 cm³/mol. The Morgan fingerprint density at radius 2 is 1.94 bits per heavy atom. The lowest BCUT2D eigenvalue weighted by Crippen LogP contribution is -2.54. The van der Waals surface area contributed by atoms with E-state index in [0.29, 0.717) is 12.4 Å². The number of hydrazone groups is 1. The summed E-state index contributed by atoms with van der Waals surface area (Å²) in [4.78, 5) is 15.4. The van der Waals surface area contributed by atoms with Gasteiger partial charge >= 0.3 is 0 Å². The maximum atomic E-state index is 5.51. The molecular formula is C26H26N8. The molecule has 1 fully saturated rings. The van der Waals surface area contributed by atoms with Crippen LogP contribution in [0.4, 0.5) is 0 Å². The second kappa shape index (κ2) is 8.40. The molecule has 34 heavy (non-hydrogen) atoms. The second-order valence-corrected chi connectivity index (χ2v) is 8.85. The quantitative estimate of drug-likeness (QED) is 0.162. The fraction of sp³-hybridized carbons (Fsp3) is 0.192. The summed E-state index contributed by atoms with van der Waals surface area (Å²) in [6.07, 6.45) is 1.96. The molecule has 2 aliphatic heterocycles. The van der Waals surface area contributed by atoms with Gasteiger partial charge in [-0.15, -0.1) is 0 Å². The third-order valence-electron chi connectivity index (χ3n) is 6.79. The smallest absolute Gasteiger partial charge is 0.155 e. The molecule has 0 bridgehead atoms. The van der Waals surface area contributed by atoms with E-state index in [2.05, 4.69) is 81.1 Å². The Morgan fingerprint density at radius 3 is 2.76 bits per heavy atom. The van der Waals surface area contributed by atoms with E-state index >= 15 is 0 Å². The Morgan fingerprint density at radius 1 is 1.09 bits per heavy atom. The van der Waals surface area contributed by atoms with Crippen LogP contribution in [-0.4, -0.2) is 46.9 Å². The average Bonchev–Trinajstić information content (AvgIpc) is 3.52. The van der Waals surface area contributed by atoms with Crippen molar-refractivity contribution in [2.75, 3.05) is 19.6 Å². The zero-order valence-electron chi connectivity index (χ0n) is 18.7. The molecule has 0 unspecified atom stereocenters. The summed E-state index contributed by atoms with van der Waals surface area (Å²) in [6, 6.07) is 21.3. The topological polar surface area (TPSA) is 120 Å². The number of aromatic amines is 1. The molecule has 0 amide bonds. The first-order chi connectivity index (χ1) is 16.7. The Kier molecular flexibility index (Phi) is 5.09. The molecule has 1 saturated heterocycles. The van der Waals surface area contributed by atoms with Gasteiger partial charge in [-0.1, -0.05) is 48.5 Å². The number of nitrogens with zero attached hydrogens (tertiary/aromatic N) is 4. The summed E-state index contributed by atoms with van der Waals surface area (Å²) in [5, 5.41) is 7.34. The van der Waals surface area contributed by atoms with Crippen LogP contribution in [0.1, 0.15) is 16.7 Å². The highest BCUT2D eigenvalue weighted by molar-refractivity contribution is 6.21. The van der Waals surface area contributed by atoms with Gasteiger partial charge in [-0.2, -0.15) is 5.10 Å². The van der Waals surface area contributed by atoms with Gasteiger partial charge in [-0.05, 0) is 33.9 Å². The molecule has 6 rings (SSSR count). The van der Waals surface area contributed by atoms with E-state index in [1.54, 1.807) is 0 Å². The van der Waals surface area contributed by atoms with Gasteiger partial charge in [-0.3, -0.25) is 9.89 Å². The van der Waals surface area contributed by atoms with Crippen molar-refractivity contribution in [2.24, 2.45) is 32.7 Å². The number of H-pyrrole nitrogens is 1. The van der Waals surface area contributed by atoms with E-state index in [1.165, 1.54) is 21.7 Å². The highest BCUT2D eigenvalue weighted by Crippen LogP contribution is 2.28. The SMILES string of the molecule is N/N=C(\NN)C1CN(Cc2ccc(C3=NCC(c4ccc5cc[nH]c5c4)=N3)c3ccccc23)C1. The van der Waals surface area contributed by atoms with Gasteiger partial charge in [-0.25, -0.2) is 10.8 Å². The summed E-state index contributed by atoms with van der Waals surface area (Å²) < 4.78 is 0. The largest absolute Gasteiger partial charge is 0.361 e. The summed E-state index contributed by atoms with van der Waals surface area (Å²) >= 11 is 0. The third kappa shape index (κ3) is 3.53. The summed E-state index contributed by atoms with van der Waals surface area (Å²) in [7, 11) is 0. The fourth-order valence-corrected chi connectivity index (χ4v) is 4.94. The maximum absolute atomic E-state index is 5.51. The molecule has 6 N–H and O–H groups in total. The summed E-state index contributed by atoms with van der Waals surface area (Å²) in [6.45, 7) is 3.20. The number of amidine groups is 2. The number of likely N-dealkylation sites (tertiary alicyclic amines) is 1. The number of fused-ring (bicyclic) bond motifs is 2. The Labute approximate surface area is 197 Å². The van der Waals surface area contributed by atoms with Gasteiger partial charge in [0.1, 0.15) is 5.84 Å². The third-order valence-corrected chi connectivity index (χ3v) is 6.79. The number of benzene rings is 3. The molecule has 1 aromatic heterocycles. The molecule has 2 aliphatic rings. The molecule has 0 saturated carbocycles. The Bertz CT molecular complexity index is 1470. The summed E-state index contributed by atoms with van der Waals surface area (Å²) in [5.74, 6) is 12.6. The number of hydrogen-bond acceptors (Lipinski definition) is 6. The Hall–Kier alpha value is -4.01. The number of hydrogen-bond donors (Lipinski definition) is 4. The number of nitrogens with one attached hydrogen (secondary N) is 2. The average molecular weight is 451 g/mol. The first-order valence-electron chi connectivity index (χ1n) is 11.4. The minimum atomic E-state index is 0.256. The van der Waals surface area contributed by atoms with E-state index in [0.717, 1.165) is 47.8 Å². The monoisotopic (exact) mass is 450 g/mol. The molecule has 3 aromatic carbocycles. The van der Waals surface area contributed by atoms with E-state index < -0.39 is 0 Å². The molecule has 170 valence electrons. The molecule has 0 spiro atoms. The lowest BCUT2D eigenvalue weighted by Gasteiger charge is -2.39. The summed E-state index contributed by atoms with van der Waals surface area (Å²) in [5.41, 5.74) is 8.17. The first-order valence-corrected chi connectivity index (χ1v) is 11.4. The van der Waals surface area contributed by atoms with E-state index in [1.807, 2.05) is 6.20 Å². The first kappa shape index (κ1) is 20.6. The van der Waals surface area contributed by atoms with Gasteiger partial charge in [0.25, 0.3) is 0 Å². The van der Waals surface area contributed by atoms with Gasteiger partial charge in [0.2, 0.25) is 0 Å². The van der Waals surface area contributed by atoms with E-state index in [9.17, 15) is 0 Å². The number of aromatic nitrogens is 1.